The molecule has 0 unspecified atom stereocenters. The maximum absolute atomic E-state index is 12.1. The molecule has 1 heterocycles. The molecule has 1 aliphatic heterocycles. The van der Waals surface area contributed by atoms with Crippen LogP contribution >= 0.6 is 0 Å². The fourth-order valence-electron chi connectivity index (χ4n) is 2.54. The monoisotopic (exact) mass is 357 g/mol. The molecule has 1 N–H and O–H groups in total. The van der Waals surface area contributed by atoms with Crippen molar-refractivity contribution < 1.29 is 14.3 Å². The number of nitrogens with one attached hydrogen (secondary N) is 1. The molecule has 0 radical (unpaired) electrons. The second-order valence-corrected chi connectivity index (χ2v) is 7.21. The minimum atomic E-state index is -0.467. The van der Waals surface area contributed by atoms with Crippen molar-refractivity contribution in [1.82, 2.24) is 10.2 Å². The van der Waals surface area contributed by atoms with Gasteiger partial charge in [0.1, 0.15) is 5.60 Å². The first-order valence-electron chi connectivity index (χ1n) is 8.81. The Labute approximate surface area is 155 Å². The Morgan fingerprint density at radius 3 is 2.27 bits per heavy atom. The summed E-state index contributed by atoms with van der Waals surface area (Å²) in [5, 5.41) is 2.64. The number of carbonyl (C=O) groups excluding carboxylic acids is 2. The summed E-state index contributed by atoms with van der Waals surface area (Å²) in [6, 6.07) is 8.00. The van der Waals surface area contributed by atoms with Gasteiger partial charge in [-0.05, 0) is 45.0 Å². The Kier molecular flexibility index (Phi) is 6.51. The summed E-state index contributed by atoms with van der Waals surface area (Å²) in [5.41, 5.74) is 1.55. The third kappa shape index (κ3) is 6.32. The summed E-state index contributed by atoms with van der Waals surface area (Å²) in [5.74, 6) is 5.85. The zero-order valence-corrected chi connectivity index (χ0v) is 16.0. The van der Waals surface area contributed by atoms with Gasteiger partial charge in [0.2, 0.25) is 5.91 Å². The Hall–Kier alpha value is -2.68. The van der Waals surface area contributed by atoms with Crippen molar-refractivity contribution in [3.8, 4) is 11.8 Å². The van der Waals surface area contributed by atoms with E-state index in [0.29, 0.717) is 19.6 Å². The predicted molar refractivity (Wildman–Crippen MR) is 102 cm³/mol. The highest BCUT2D eigenvalue weighted by Crippen LogP contribution is 2.18. The molecule has 0 bridgehead atoms. The van der Waals surface area contributed by atoms with Gasteiger partial charge in [-0.25, -0.2) is 4.79 Å². The van der Waals surface area contributed by atoms with Gasteiger partial charge in [-0.3, -0.25) is 4.79 Å². The van der Waals surface area contributed by atoms with Crippen LogP contribution in [0, 0.1) is 11.8 Å². The highest BCUT2D eigenvalue weighted by molar-refractivity contribution is 5.73. The number of piperazine rings is 1. The molecule has 1 fully saturated rings. The van der Waals surface area contributed by atoms with E-state index in [2.05, 4.69) is 22.1 Å². The Balaban J connectivity index is 1.85. The van der Waals surface area contributed by atoms with Crippen molar-refractivity contribution in [2.75, 3.05) is 37.6 Å². The van der Waals surface area contributed by atoms with E-state index in [9.17, 15) is 9.59 Å². The van der Waals surface area contributed by atoms with Gasteiger partial charge < -0.3 is 19.9 Å². The number of amides is 2. The maximum Gasteiger partial charge on any atom is 0.410 e. The van der Waals surface area contributed by atoms with Crippen LogP contribution in [0.5, 0.6) is 0 Å². The first kappa shape index (κ1) is 19.6. The van der Waals surface area contributed by atoms with E-state index < -0.39 is 5.60 Å². The van der Waals surface area contributed by atoms with Crippen LogP contribution < -0.4 is 10.2 Å². The standard InChI is InChI=1S/C20H27N3O3/c1-16(24)21-11-5-6-17-7-9-18(10-8-17)22-12-14-23(15-13-22)19(25)26-20(2,3)4/h7-10H,11-15H2,1-4H3,(H,21,24). The smallest absolute Gasteiger partial charge is 0.410 e. The molecule has 0 aromatic heterocycles. The highest BCUT2D eigenvalue weighted by Gasteiger charge is 2.25. The van der Waals surface area contributed by atoms with E-state index >= 15 is 0 Å². The van der Waals surface area contributed by atoms with Crippen molar-refractivity contribution in [3.05, 3.63) is 29.8 Å². The molecular weight excluding hydrogens is 330 g/mol. The number of nitrogens with zero attached hydrogens (tertiary/aromatic N) is 2. The predicted octanol–water partition coefficient (Wildman–Crippen LogP) is 2.23. The van der Waals surface area contributed by atoms with Gasteiger partial charge in [0.25, 0.3) is 0 Å². The van der Waals surface area contributed by atoms with E-state index in [0.717, 1.165) is 24.3 Å². The number of carbonyl (C=O) groups is 2. The van der Waals surface area contributed by atoms with Crippen LogP contribution in [0.3, 0.4) is 0 Å². The fourth-order valence-corrected chi connectivity index (χ4v) is 2.54. The van der Waals surface area contributed by atoms with Crippen LogP contribution in [0.2, 0.25) is 0 Å². The van der Waals surface area contributed by atoms with Crippen molar-refractivity contribution in [1.29, 1.82) is 0 Å². The van der Waals surface area contributed by atoms with E-state index in [1.165, 1.54) is 6.92 Å². The summed E-state index contributed by atoms with van der Waals surface area (Å²) in [4.78, 5) is 26.9. The summed E-state index contributed by atoms with van der Waals surface area (Å²) in [6.45, 7) is 10.3. The molecule has 2 amide bonds. The number of anilines is 1. The molecule has 140 valence electrons. The van der Waals surface area contributed by atoms with Gasteiger partial charge >= 0.3 is 6.09 Å². The van der Waals surface area contributed by atoms with Gasteiger partial charge in [-0.1, -0.05) is 11.8 Å². The summed E-state index contributed by atoms with van der Waals surface area (Å²) >= 11 is 0. The molecule has 1 aromatic carbocycles. The van der Waals surface area contributed by atoms with Gasteiger partial charge in [0.15, 0.2) is 0 Å². The quantitative estimate of drug-likeness (QED) is 0.825. The SMILES string of the molecule is CC(=O)NCC#Cc1ccc(N2CCN(C(=O)OC(C)(C)C)CC2)cc1. The van der Waals surface area contributed by atoms with Crippen molar-refractivity contribution in [2.24, 2.45) is 0 Å². The summed E-state index contributed by atoms with van der Waals surface area (Å²) in [7, 11) is 0. The molecule has 26 heavy (non-hydrogen) atoms. The molecule has 0 atom stereocenters. The maximum atomic E-state index is 12.1. The lowest BCUT2D eigenvalue weighted by molar-refractivity contribution is -0.118. The van der Waals surface area contributed by atoms with Crippen molar-refractivity contribution >= 4 is 17.7 Å². The molecule has 1 saturated heterocycles. The molecule has 6 nitrogen and oxygen atoms in total. The van der Waals surface area contributed by atoms with Crippen molar-refractivity contribution in [2.45, 2.75) is 33.3 Å². The first-order chi connectivity index (χ1) is 12.2. The minimum absolute atomic E-state index is 0.0832. The van der Waals surface area contributed by atoms with Gasteiger partial charge in [-0.15, -0.1) is 0 Å². The molecule has 0 saturated carbocycles. The number of hydrogen-bond donors (Lipinski definition) is 1. The van der Waals surface area contributed by atoms with E-state index in [1.54, 1.807) is 4.90 Å². The van der Waals surface area contributed by atoms with E-state index in [4.69, 9.17) is 4.74 Å². The second kappa shape index (κ2) is 8.61. The number of hydrogen-bond acceptors (Lipinski definition) is 4. The molecular formula is C20H27N3O3. The third-order valence-corrected chi connectivity index (χ3v) is 3.82. The second-order valence-electron chi connectivity index (χ2n) is 7.21. The average Bonchev–Trinajstić information content (AvgIpc) is 2.58. The topological polar surface area (TPSA) is 61.9 Å². The molecule has 0 aliphatic carbocycles. The van der Waals surface area contributed by atoms with Crippen LogP contribution in [0.25, 0.3) is 0 Å². The van der Waals surface area contributed by atoms with Gasteiger partial charge in [0.05, 0.1) is 6.54 Å². The van der Waals surface area contributed by atoms with E-state index in [1.807, 2.05) is 45.0 Å². The first-order valence-corrected chi connectivity index (χ1v) is 8.81. The Morgan fingerprint density at radius 2 is 1.73 bits per heavy atom. The van der Waals surface area contributed by atoms with E-state index in [-0.39, 0.29) is 12.0 Å². The molecule has 0 spiro atoms. The van der Waals surface area contributed by atoms with Crippen LogP contribution in [0.1, 0.15) is 33.3 Å². The Bertz CT molecular complexity index is 688. The lowest BCUT2D eigenvalue weighted by Crippen LogP contribution is -2.50. The number of benzene rings is 1. The number of ether oxygens (including phenoxy) is 1. The van der Waals surface area contributed by atoms with Crippen molar-refractivity contribution in [3.63, 3.8) is 0 Å². The molecule has 2 rings (SSSR count). The summed E-state index contributed by atoms with van der Waals surface area (Å²) < 4.78 is 5.42. The average molecular weight is 357 g/mol. The van der Waals surface area contributed by atoms with Crippen LogP contribution in [-0.2, 0) is 9.53 Å². The number of rotatable bonds is 2. The highest BCUT2D eigenvalue weighted by atomic mass is 16.6. The molecule has 6 heteroatoms. The lowest BCUT2D eigenvalue weighted by Gasteiger charge is -2.36. The minimum Gasteiger partial charge on any atom is -0.444 e. The zero-order chi connectivity index (χ0) is 19.2. The zero-order valence-electron chi connectivity index (χ0n) is 16.0. The lowest BCUT2D eigenvalue weighted by atomic mass is 10.2. The van der Waals surface area contributed by atoms with Crippen LogP contribution in [0.15, 0.2) is 24.3 Å². The largest absolute Gasteiger partial charge is 0.444 e. The summed E-state index contributed by atoms with van der Waals surface area (Å²) in [6.07, 6.45) is -0.248. The Morgan fingerprint density at radius 1 is 1.12 bits per heavy atom. The molecule has 1 aliphatic rings. The van der Waals surface area contributed by atoms with Crippen LogP contribution in [-0.4, -0.2) is 55.2 Å². The molecule has 1 aromatic rings. The van der Waals surface area contributed by atoms with Gasteiger partial charge in [-0.2, -0.15) is 0 Å². The van der Waals surface area contributed by atoms with Crippen LogP contribution in [0.4, 0.5) is 10.5 Å². The normalized spacial score (nSPS) is 14.3. The van der Waals surface area contributed by atoms with Gasteiger partial charge in [0, 0.05) is 44.4 Å². The fraction of sp³-hybridized carbons (Fsp3) is 0.500. The third-order valence-electron chi connectivity index (χ3n) is 3.82.